The molecular formula is C38H26N4S. The highest BCUT2D eigenvalue weighted by Gasteiger charge is 2.18. The minimum Gasteiger partial charge on any atom is -0.354 e. The molecule has 1 N–H and O–H groups in total. The summed E-state index contributed by atoms with van der Waals surface area (Å²) in [7, 11) is 0. The van der Waals surface area contributed by atoms with Crippen molar-refractivity contribution in [2.24, 2.45) is 0 Å². The summed E-state index contributed by atoms with van der Waals surface area (Å²) in [5.74, 6) is 1.97. The van der Waals surface area contributed by atoms with Gasteiger partial charge in [-0.15, -0.1) is 11.3 Å². The Morgan fingerprint density at radius 1 is 0.651 bits per heavy atom. The largest absolute Gasteiger partial charge is 0.354 e. The summed E-state index contributed by atoms with van der Waals surface area (Å²) < 4.78 is 2.45. The van der Waals surface area contributed by atoms with Gasteiger partial charge in [0.25, 0.3) is 0 Å². The zero-order valence-electron chi connectivity index (χ0n) is 23.5. The second-order valence-corrected chi connectivity index (χ2v) is 11.6. The van der Waals surface area contributed by atoms with E-state index in [9.17, 15) is 0 Å². The molecule has 0 unspecified atom stereocenters. The van der Waals surface area contributed by atoms with Gasteiger partial charge in [0, 0.05) is 48.1 Å². The van der Waals surface area contributed by atoms with Crippen LogP contribution in [0.5, 0.6) is 0 Å². The third kappa shape index (κ3) is 4.17. The fourth-order valence-corrected chi connectivity index (χ4v) is 7.13. The number of aromatic nitrogens is 4. The maximum atomic E-state index is 4.98. The lowest BCUT2D eigenvalue weighted by molar-refractivity contribution is 1.07. The predicted molar refractivity (Wildman–Crippen MR) is 182 cm³/mol. The smallest absolute Gasteiger partial charge is 0.164 e. The summed E-state index contributed by atoms with van der Waals surface area (Å²) in [4.78, 5) is 18.5. The number of nitrogens with zero attached hydrogens (tertiary/aromatic N) is 3. The molecular weight excluding hydrogens is 545 g/mol. The first-order chi connectivity index (χ1) is 21.2. The van der Waals surface area contributed by atoms with E-state index in [0.717, 1.165) is 32.8 Å². The summed E-state index contributed by atoms with van der Waals surface area (Å²) in [5.41, 5.74) is 4.01. The Bertz CT molecular complexity index is 2410. The molecule has 4 nitrogen and oxygen atoms in total. The van der Waals surface area contributed by atoms with Crippen molar-refractivity contribution in [1.82, 2.24) is 19.9 Å². The number of rotatable bonds is 4. The summed E-state index contributed by atoms with van der Waals surface area (Å²) in [6, 6.07) is 35.5. The molecule has 204 valence electrons. The molecule has 0 aliphatic heterocycles. The highest BCUT2D eigenvalue weighted by Crippen LogP contribution is 2.43. The molecule has 5 aromatic carbocycles. The first kappa shape index (κ1) is 25.3. The molecule has 5 heteroatoms. The van der Waals surface area contributed by atoms with E-state index >= 15 is 0 Å². The number of H-pyrrole nitrogens is 1. The lowest BCUT2D eigenvalue weighted by atomic mass is 9.99. The van der Waals surface area contributed by atoms with Crippen LogP contribution < -0.4 is 10.6 Å². The zero-order chi connectivity index (χ0) is 28.9. The molecule has 0 saturated heterocycles. The average molecular weight is 571 g/mol. The number of aromatic amines is 1. The quantitative estimate of drug-likeness (QED) is 0.230. The molecule has 8 rings (SSSR count). The van der Waals surface area contributed by atoms with Crippen LogP contribution in [0.15, 0.2) is 115 Å². The maximum absolute atomic E-state index is 4.98. The summed E-state index contributed by atoms with van der Waals surface area (Å²) in [6.45, 7) is 6.39. The monoisotopic (exact) mass is 570 g/mol. The van der Waals surface area contributed by atoms with E-state index in [4.69, 9.17) is 15.0 Å². The van der Waals surface area contributed by atoms with Crippen LogP contribution in [0.1, 0.15) is 6.92 Å². The molecule has 0 bridgehead atoms. The minimum atomic E-state index is 0.655. The van der Waals surface area contributed by atoms with Gasteiger partial charge >= 0.3 is 0 Å². The number of allylic oxidation sites excluding steroid dienone is 2. The molecule has 0 fully saturated rings. The topological polar surface area (TPSA) is 54.5 Å². The maximum Gasteiger partial charge on any atom is 0.164 e. The van der Waals surface area contributed by atoms with Gasteiger partial charge in [-0.25, -0.2) is 15.0 Å². The van der Waals surface area contributed by atoms with Crippen molar-refractivity contribution >= 4 is 65.8 Å². The Balaban J connectivity index is 1.42. The summed E-state index contributed by atoms with van der Waals surface area (Å²) in [6.07, 6.45) is 6.28. The van der Waals surface area contributed by atoms with E-state index in [1.54, 1.807) is 0 Å². The highest BCUT2D eigenvalue weighted by molar-refractivity contribution is 7.26. The van der Waals surface area contributed by atoms with Crippen LogP contribution in [0.4, 0.5) is 0 Å². The first-order valence-corrected chi connectivity index (χ1v) is 15.1. The van der Waals surface area contributed by atoms with Crippen LogP contribution in [-0.4, -0.2) is 19.9 Å². The van der Waals surface area contributed by atoms with Crippen LogP contribution in [0.25, 0.3) is 88.7 Å². The molecule has 0 amide bonds. The zero-order valence-corrected chi connectivity index (χ0v) is 24.3. The van der Waals surface area contributed by atoms with Crippen LogP contribution in [0.2, 0.25) is 0 Å². The normalized spacial score (nSPS) is 12.4. The Kier molecular flexibility index (Phi) is 5.98. The lowest BCUT2D eigenvalue weighted by Gasteiger charge is -2.09. The molecule has 8 aromatic rings. The Morgan fingerprint density at radius 3 is 1.86 bits per heavy atom. The highest BCUT2D eigenvalue weighted by atomic mass is 32.1. The van der Waals surface area contributed by atoms with Gasteiger partial charge in [-0.1, -0.05) is 110 Å². The number of hydrogen-bond acceptors (Lipinski definition) is 4. The third-order valence-corrected chi connectivity index (χ3v) is 9.10. The van der Waals surface area contributed by atoms with Crippen molar-refractivity contribution in [3.63, 3.8) is 0 Å². The van der Waals surface area contributed by atoms with Gasteiger partial charge in [0.2, 0.25) is 0 Å². The van der Waals surface area contributed by atoms with Crippen LogP contribution in [0, 0.1) is 0 Å². The van der Waals surface area contributed by atoms with Gasteiger partial charge < -0.3 is 4.98 Å². The van der Waals surface area contributed by atoms with Gasteiger partial charge in [0.1, 0.15) is 0 Å². The number of thiophene rings is 1. The lowest BCUT2D eigenvalue weighted by Crippen LogP contribution is -2.20. The van der Waals surface area contributed by atoms with Crippen molar-refractivity contribution in [1.29, 1.82) is 0 Å². The molecule has 0 radical (unpaired) electrons. The van der Waals surface area contributed by atoms with Crippen molar-refractivity contribution in [2.75, 3.05) is 0 Å². The van der Waals surface area contributed by atoms with Crippen molar-refractivity contribution in [3.05, 3.63) is 126 Å². The summed E-state index contributed by atoms with van der Waals surface area (Å²) >= 11 is 1.81. The predicted octanol–water partition coefficient (Wildman–Crippen LogP) is 8.64. The third-order valence-electron chi connectivity index (χ3n) is 7.91. The first-order valence-electron chi connectivity index (χ1n) is 14.3. The number of fused-ring (bicyclic) bond motifs is 8. The molecule has 0 spiro atoms. The van der Waals surface area contributed by atoms with Crippen molar-refractivity contribution < 1.29 is 0 Å². The number of nitrogens with one attached hydrogen (secondary N) is 1. The standard InChI is InChI=1S/C38H26N4S/c1-3-4-17-27-23(2)39-34-32(27)28-18-11-12-19-29(28)33-30-22-26(20-21-31(30)43-35(33)34)38-41-36(24-13-7-5-8-14-24)40-37(42-38)25-15-9-6-10-16-25/h3-22,39H,2H2,1H3/b4-3-,27-17+. The van der Waals surface area contributed by atoms with E-state index < -0.39 is 0 Å². The van der Waals surface area contributed by atoms with Gasteiger partial charge in [0.05, 0.1) is 10.2 Å². The average Bonchev–Trinajstić information content (AvgIpc) is 3.62. The van der Waals surface area contributed by atoms with Gasteiger partial charge in [-0.05, 0) is 35.9 Å². The van der Waals surface area contributed by atoms with E-state index in [2.05, 4.69) is 66.2 Å². The van der Waals surface area contributed by atoms with Crippen LogP contribution in [0.3, 0.4) is 0 Å². The fraction of sp³-hybridized carbons (Fsp3) is 0.0263. The van der Waals surface area contributed by atoms with E-state index in [-0.39, 0.29) is 0 Å². The van der Waals surface area contributed by atoms with Crippen LogP contribution in [-0.2, 0) is 0 Å². The second kappa shape index (κ2) is 10.2. The van der Waals surface area contributed by atoms with Gasteiger partial charge in [-0.3, -0.25) is 0 Å². The van der Waals surface area contributed by atoms with Gasteiger partial charge in [-0.2, -0.15) is 0 Å². The molecule has 3 heterocycles. The fourth-order valence-electron chi connectivity index (χ4n) is 5.93. The molecule has 0 aliphatic carbocycles. The molecule has 0 saturated carbocycles. The van der Waals surface area contributed by atoms with Crippen molar-refractivity contribution in [2.45, 2.75) is 6.92 Å². The molecule has 0 atom stereocenters. The van der Waals surface area contributed by atoms with E-state index in [0.29, 0.717) is 17.5 Å². The Labute approximate surface area is 252 Å². The van der Waals surface area contributed by atoms with E-state index in [1.165, 1.54) is 36.3 Å². The van der Waals surface area contributed by atoms with E-state index in [1.807, 2.05) is 85.0 Å². The molecule has 3 aromatic heterocycles. The summed E-state index contributed by atoms with van der Waals surface area (Å²) in [5, 5.41) is 8.16. The van der Waals surface area contributed by atoms with Crippen molar-refractivity contribution in [3.8, 4) is 34.2 Å². The van der Waals surface area contributed by atoms with Gasteiger partial charge in [0.15, 0.2) is 17.5 Å². The molecule has 0 aliphatic rings. The minimum absolute atomic E-state index is 0.655. The number of hydrogen-bond donors (Lipinski definition) is 1. The number of benzene rings is 5. The van der Waals surface area contributed by atoms with Crippen LogP contribution >= 0.6 is 11.3 Å². The second-order valence-electron chi connectivity index (χ2n) is 10.6. The SMILES string of the molecule is C=c1[nH]c2c3sc4ccc(-c5nc(-c6ccccc6)nc(-c6ccccc6)n5)cc4c3c3ccccc3c2/c1=C/C=C\C. The Morgan fingerprint density at radius 2 is 1.23 bits per heavy atom. The molecule has 43 heavy (non-hydrogen) atoms. The Hall–Kier alpha value is -5.39.